The largest absolute Gasteiger partial charge is 0.481 e. The van der Waals surface area contributed by atoms with Gasteiger partial charge in [0.15, 0.2) is 0 Å². The van der Waals surface area contributed by atoms with Gasteiger partial charge in [-0.05, 0) is 19.8 Å². The molecule has 0 fully saturated rings. The summed E-state index contributed by atoms with van der Waals surface area (Å²) in [5.74, 6) is -0.754. The van der Waals surface area contributed by atoms with Crippen molar-refractivity contribution >= 4 is 54.9 Å². The van der Waals surface area contributed by atoms with Gasteiger partial charge in [-0.25, -0.2) is 0 Å². The summed E-state index contributed by atoms with van der Waals surface area (Å²) in [4.78, 5) is 10.4. The fourth-order valence-electron chi connectivity index (χ4n) is 1.49. The van der Waals surface area contributed by atoms with E-state index in [9.17, 15) is 4.79 Å². The monoisotopic (exact) mass is 374 g/mol. The normalized spacial score (nSPS) is 10.6. The summed E-state index contributed by atoms with van der Waals surface area (Å²) in [6.45, 7) is 6.09. The van der Waals surface area contributed by atoms with Crippen LogP contribution in [0.3, 0.4) is 0 Å². The first-order chi connectivity index (χ1) is 8.11. The number of rotatable bonds is 5. The molecule has 0 bridgehead atoms. The molecule has 0 saturated heterocycles. The van der Waals surface area contributed by atoms with E-state index in [1.807, 2.05) is 25.1 Å². The van der Waals surface area contributed by atoms with Crippen LogP contribution in [0.25, 0.3) is 0 Å². The van der Waals surface area contributed by atoms with Crippen molar-refractivity contribution in [3.63, 3.8) is 0 Å². The maximum atomic E-state index is 10.4. The average molecular weight is 374 g/mol. The van der Waals surface area contributed by atoms with Gasteiger partial charge in [0.25, 0.3) is 0 Å². The molecule has 2 radical (unpaired) electrons. The Hall–Kier alpha value is 0.261. The summed E-state index contributed by atoms with van der Waals surface area (Å²) in [6.07, 6.45) is 3.71. The van der Waals surface area contributed by atoms with Crippen LogP contribution in [0, 0.1) is 12.8 Å². The predicted molar refractivity (Wildman–Crippen MR) is 77.9 cm³/mol. The van der Waals surface area contributed by atoms with E-state index in [-0.39, 0.29) is 54.8 Å². The van der Waals surface area contributed by atoms with Crippen LogP contribution in [-0.2, 0) is 4.79 Å². The summed E-state index contributed by atoms with van der Waals surface area (Å²) in [5.41, 5.74) is 1.32. The molecule has 1 atom stereocenters. The molecule has 18 heavy (non-hydrogen) atoms. The molecule has 0 spiro atoms. The zero-order chi connectivity index (χ0) is 13.1. The third-order valence-corrected chi connectivity index (χ3v) is 2.69. The topological polar surface area (TPSA) is 37.3 Å². The quantitative estimate of drug-likeness (QED) is 0.795. The molecule has 0 aliphatic carbocycles. The Labute approximate surface area is 151 Å². The van der Waals surface area contributed by atoms with Crippen LogP contribution in [0.2, 0.25) is 0 Å². The van der Waals surface area contributed by atoms with E-state index < -0.39 is 5.97 Å². The van der Waals surface area contributed by atoms with Gasteiger partial charge in [-0.1, -0.05) is 62.6 Å². The molecular formula is C15H24BaO2. The molecule has 1 rings (SSSR count). The number of hydrogen-bond donors (Lipinski definition) is 1. The Bertz CT molecular complexity index is 299. The molecule has 98 valence electrons. The SMILES string of the molecule is CCCCC(CC)C(=O)O.Cc1ccccc1.[Ba]. The van der Waals surface area contributed by atoms with E-state index in [4.69, 9.17) is 5.11 Å². The first-order valence-corrected chi connectivity index (χ1v) is 6.36. The van der Waals surface area contributed by atoms with Crippen LogP contribution < -0.4 is 0 Å². The molecule has 1 unspecified atom stereocenters. The second-order valence-electron chi connectivity index (χ2n) is 4.24. The van der Waals surface area contributed by atoms with Gasteiger partial charge in [0.05, 0.1) is 5.92 Å². The van der Waals surface area contributed by atoms with Crippen LogP contribution in [0.1, 0.15) is 45.1 Å². The predicted octanol–water partition coefficient (Wildman–Crippen LogP) is 3.90. The average Bonchev–Trinajstić information content (AvgIpc) is 2.31. The Morgan fingerprint density at radius 3 is 2.06 bits per heavy atom. The summed E-state index contributed by atoms with van der Waals surface area (Å²) in [7, 11) is 0. The van der Waals surface area contributed by atoms with Crippen LogP contribution >= 0.6 is 0 Å². The van der Waals surface area contributed by atoms with Crippen molar-refractivity contribution in [1.82, 2.24) is 0 Å². The molecule has 1 aromatic rings. The van der Waals surface area contributed by atoms with Crippen molar-refractivity contribution in [2.75, 3.05) is 0 Å². The van der Waals surface area contributed by atoms with Crippen molar-refractivity contribution in [1.29, 1.82) is 0 Å². The molecule has 1 aromatic carbocycles. The molecular weight excluding hydrogens is 349 g/mol. The molecule has 0 aliphatic rings. The summed E-state index contributed by atoms with van der Waals surface area (Å²) < 4.78 is 0. The number of benzene rings is 1. The molecule has 0 saturated carbocycles. The number of unbranched alkanes of at least 4 members (excludes halogenated alkanes) is 1. The third-order valence-electron chi connectivity index (χ3n) is 2.69. The number of carbonyl (C=O) groups is 1. The van der Waals surface area contributed by atoms with E-state index in [2.05, 4.69) is 26.0 Å². The van der Waals surface area contributed by atoms with Crippen molar-refractivity contribution in [2.24, 2.45) is 5.92 Å². The summed E-state index contributed by atoms with van der Waals surface area (Å²) in [6, 6.07) is 10.3. The molecule has 2 nitrogen and oxygen atoms in total. The first-order valence-electron chi connectivity index (χ1n) is 6.36. The molecule has 0 aromatic heterocycles. The Morgan fingerprint density at radius 2 is 1.78 bits per heavy atom. The van der Waals surface area contributed by atoms with E-state index in [1.54, 1.807) is 0 Å². The maximum absolute atomic E-state index is 10.4. The maximum Gasteiger partial charge on any atom is 0.306 e. The second-order valence-corrected chi connectivity index (χ2v) is 4.24. The molecule has 0 heterocycles. The number of carboxylic acids is 1. The van der Waals surface area contributed by atoms with Gasteiger partial charge < -0.3 is 5.11 Å². The van der Waals surface area contributed by atoms with Crippen molar-refractivity contribution in [2.45, 2.75) is 46.5 Å². The van der Waals surface area contributed by atoms with Gasteiger partial charge in [-0.15, -0.1) is 0 Å². The van der Waals surface area contributed by atoms with Crippen LogP contribution in [0.15, 0.2) is 30.3 Å². The Balaban J connectivity index is 0. The minimum atomic E-state index is -0.643. The first kappa shape index (κ1) is 20.6. The van der Waals surface area contributed by atoms with Crippen molar-refractivity contribution in [3.8, 4) is 0 Å². The van der Waals surface area contributed by atoms with Gasteiger partial charge in [0.2, 0.25) is 0 Å². The molecule has 0 aliphatic heterocycles. The van der Waals surface area contributed by atoms with E-state index in [0.29, 0.717) is 0 Å². The van der Waals surface area contributed by atoms with Crippen molar-refractivity contribution < 1.29 is 9.90 Å². The number of carboxylic acid groups (broad SMARTS) is 1. The number of aryl methyl sites for hydroxylation is 1. The number of aliphatic carboxylic acids is 1. The fourth-order valence-corrected chi connectivity index (χ4v) is 1.49. The minimum Gasteiger partial charge on any atom is -0.481 e. The van der Waals surface area contributed by atoms with Crippen molar-refractivity contribution in [3.05, 3.63) is 35.9 Å². The minimum absolute atomic E-state index is 0. The smallest absolute Gasteiger partial charge is 0.306 e. The van der Waals surface area contributed by atoms with Crippen LogP contribution in [0.5, 0.6) is 0 Å². The number of hydrogen-bond acceptors (Lipinski definition) is 1. The molecule has 3 heteroatoms. The van der Waals surface area contributed by atoms with E-state index >= 15 is 0 Å². The Morgan fingerprint density at radius 1 is 1.22 bits per heavy atom. The van der Waals surface area contributed by atoms with E-state index in [1.165, 1.54) is 5.56 Å². The second kappa shape index (κ2) is 13.7. The zero-order valence-corrected chi connectivity index (χ0v) is 16.3. The van der Waals surface area contributed by atoms with Gasteiger partial charge in [0, 0.05) is 48.9 Å². The van der Waals surface area contributed by atoms with Gasteiger partial charge >= 0.3 is 5.97 Å². The molecule has 1 N–H and O–H groups in total. The van der Waals surface area contributed by atoms with Crippen LogP contribution in [0.4, 0.5) is 0 Å². The van der Waals surface area contributed by atoms with E-state index in [0.717, 1.165) is 25.7 Å². The third kappa shape index (κ3) is 11.4. The Kier molecular flexibility index (Phi) is 15.6. The van der Waals surface area contributed by atoms with Gasteiger partial charge in [0.1, 0.15) is 0 Å². The van der Waals surface area contributed by atoms with Crippen LogP contribution in [-0.4, -0.2) is 60.0 Å². The fraction of sp³-hybridized carbons (Fsp3) is 0.533. The summed E-state index contributed by atoms with van der Waals surface area (Å²) in [5, 5.41) is 8.60. The molecule has 0 amide bonds. The van der Waals surface area contributed by atoms with Gasteiger partial charge in [-0.3, -0.25) is 4.79 Å². The van der Waals surface area contributed by atoms with Gasteiger partial charge in [-0.2, -0.15) is 0 Å². The standard InChI is InChI=1S/C8H16O2.C7H8.Ba/c1-3-5-6-7(4-2)8(9)10;1-7-5-3-2-4-6-7;/h7H,3-6H2,1-2H3,(H,9,10);2-6H,1H3;. The zero-order valence-electron chi connectivity index (χ0n) is 11.9. The summed E-state index contributed by atoms with van der Waals surface area (Å²) >= 11 is 0.